The fraction of sp³-hybridized carbons (Fsp3) is 0.526. The molecule has 1 fully saturated rings. The quantitative estimate of drug-likeness (QED) is 0.690. The zero-order valence-corrected chi connectivity index (χ0v) is 17.6. The van der Waals surface area contributed by atoms with Crippen LogP contribution in [0.3, 0.4) is 0 Å². The first kappa shape index (κ1) is 19.7. The van der Waals surface area contributed by atoms with E-state index in [1.54, 1.807) is 24.4 Å². The Bertz CT molecular complexity index is 977. The Morgan fingerprint density at radius 1 is 1.39 bits per heavy atom. The van der Waals surface area contributed by atoms with Gasteiger partial charge in [-0.3, -0.25) is 0 Å². The van der Waals surface area contributed by atoms with Crippen LogP contribution in [-0.2, 0) is 23.5 Å². The highest BCUT2D eigenvalue weighted by molar-refractivity contribution is 7.99. The fourth-order valence-corrected chi connectivity index (χ4v) is 6.31. The van der Waals surface area contributed by atoms with Gasteiger partial charge in [-0.25, -0.2) is 17.8 Å². The molecule has 0 radical (unpaired) electrons. The number of fused-ring (bicyclic) bond motifs is 1. The zero-order valence-electron chi connectivity index (χ0n) is 16.0. The molecule has 0 bridgehead atoms. The summed E-state index contributed by atoms with van der Waals surface area (Å²) >= 11 is 1.53. The predicted octanol–water partition coefficient (Wildman–Crippen LogP) is 2.80. The number of thioether (sulfide) groups is 1. The molecule has 9 heteroatoms. The number of hydrogen-bond acceptors (Lipinski definition) is 5. The largest absolute Gasteiger partial charge is 0.493 e. The predicted molar refractivity (Wildman–Crippen MR) is 106 cm³/mol. The third-order valence-electron chi connectivity index (χ3n) is 5.54. The summed E-state index contributed by atoms with van der Waals surface area (Å²) in [5.41, 5.74) is 1.95. The van der Waals surface area contributed by atoms with Gasteiger partial charge >= 0.3 is 0 Å². The molecular formula is C19H24FN3O3S2. The van der Waals surface area contributed by atoms with Crippen LogP contribution in [0, 0.1) is 12.8 Å². The summed E-state index contributed by atoms with van der Waals surface area (Å²) in [6.45, 7) is 2.79. The van der Waals surface area contributed by atoms with Crippen LogP contribution in [0.5, 0.6) is 5.75 Å². The maximum Gasteiger partial charge on any atom is 0.243 e. The van der Waals surface area contributed by atoms with Gasteiger partial charge in [0.2, 0.25) is 10.0 Å². The second-order valence-electron chi connectivity index (χ2n) is 7.35. The summed E-state index contributed by atoms with van der Waals surface area (Å²) in [5.74, 6) is 1.15. The maximum atomic E-state index is 14.8. The maximum absolute atomic E-state index is 14.8. The van der Waals surface area contributed by atoms with E-state index in [1.807, 2.05) is 18.5 Å². The monoisotopic (exact) mass is 425 g/mol. The van der Waals surface area contributed by atoms with Crippen molar-refractivity contribution in [3.63, 3.8) is 0 Å². The number of imidazole rings is 1. The molecule has 1 aromatic heterocycles. The second-order valence-corrected chi connectivity index (χ2v) is 10.3. The summed E-state index contributed by atoms with van der Waals surface area (Å²) in [5, 5.41) is 0.861. The molecular weight excluding hydrogens is 401 g/mol. The Labute approximate surface area is 169 Å². The van der Waals surface area contributed by atoms with Crippen molar-refractivity contribution in [2.75, 3.05) is 25.4 Å². The SMILES string of the molecule is Cc1cnc(SCC2CCN(S(=O)(=O)c3ccc4c(c3)CCO4)CC2F)n1C. The summed E-state index contributed by atoms with van der Waals surface area (Å²) in [6, 6.07) is 4.91. The summed E-state index contributed by atoms with van der Waals surface area (Å²) in [4.78, 5) is 4.56. The number of piperidine rings is 1. The second kappa shape index (κ2) is 7.68. The highest BCUT2D eigenvalue weighted by Gasteiger charge is 2.36. The molecule has 0 amide bonds. The van der Waals surface area contributed by atoms with Gasteiger partial charge in [0.25, 0.3) is 0 Å². The molecule has 0 N–H and O–H groups in total. The number of aromatic nitrogens is 2. The first-order valence-electron chi connectivity index (χ1n) is 9.37. The average Bonchev–Trinajstić information content (AvgIpc) is 3.27. The van der Waals surface area contributed by atoms with E-state index in [9.17, 15) is 12.8 Å². The molecule has 6 nitrogen and oxygen atoms in total. The molecule has 0 spiro atoms. The summed E-state index contributed by atoms with van der Waals surface area (Å²) in [7, 11) is -1.76. The van der Waals surface area contributed by atoms with E-state index in [2.05, 4.69) is 4.98 Å². The van der Waals surface area contributed by atoms with Gasteiger partial charge in [0, 0.05) is 50.1 Å². The molecule has 152 valence electrons. The normalized spacial score (nSPS) is 22.8. The third kappa shape index (κ3) is 3.67. The average molecular weight is 426 g/mol. The van der Waals surface area contributed by atoms with E-state index in [1.165, 1.54) is 16.1 Å². The van der Waals surface area contributed by atoms with Crippen LogP contribution in [0.25, 0.3) is 0 Å². The highest BCUT2D eigenvalue weighted by Crippen LogP contribution is 2.32. The molecule has 3 heterocycles. The minimum atomic E-state index is -3.70. The van der Waals surface area contributed by atoms with Crippen molar-refractivity contribution in [2.24, 2.45) is 13.0 Å². The highest BCUT2D eigenvalue weighted by atomic mass is 32.2. The number of alkyl halides is 1. The first-order chi connectivity index (χ1) is 13.4. The zero-order chi connectivity index (χ0) is 19.9. The lowest BCUT2D eigenvalue weighted by Crippen LogP contribution is -2.45. The Hall–Kier alpha value is -1.58. The van der Waals surface area contributed by atoms with E-state index in [0.717, 1.165) is 22.2 Å². The number of rotatable bonds is 5. The van der Waals surface area contributed by atoms with Crippen molar-refractivity contribution in [1.29, 1.82) is 0 Å². The minimum Gasteiger partial charge on any atom is -0.493 e. The Morgan fingerprint density at radius 2 is 2.21 bits per heavy atom. The molecule has 2 unspecified atom stereocenters. The summed E-state index contributed by atoms with van der Waals surface area (Å²) < 4.78 is 49.4. The summed E-state index contributed by atoms with van der Waals surface area (Å²) in [6.07, 6.45) is 1.82. The van der Waals surface area contributed by atoms with Gasteiger partial charge in [-0.1, -0.05) is 11.8 Å². The van der Waals surface area contributed by atoms with E-state index in [4.69, 9.17) is 4.74 Å². The smallest absolute Gasteiger partial charge is 0.243 e. The molecule has 4 rings (SSSR count). The van der Waals surface area contributed by atoms with Crippen LogP contribution < -0.4 is 4.74 Å². The van der Waals surface area contributed by atoms with Gasteiger partial charge in [-0.2, -0.15) is 4.31 Å². The van der Waals surface area contributed by atoms with Crippen molar-refractivity contribution in [3.05, 3.63) is 35.7 Å². The van der Waals surface area contributed by atoms with E-state index >= 15 is 0 Å². The lowest BCUT2D eigenvalue weighted by molar-refractivity contribution is 0.146. The number of sulfonamides is 1. The van der Waals surface area contributed by atoms with E-state index < -0.39 is 16.2 Å². The standard InChI is InChI=1S/C19H24FN3O3S2/c1-13-10-21-19(22(13)2)27-12-15-5-7-23(11-17(15)20)28(24,25)16-3-4-18-14(9-16)6-8-26-18/h3-4,9-10,15,17H,5-8,11-12H2,1-2H3. The number of halogens is 1. The third-order valence-corrected chi connectivity index (χ3v) is 8.64. The number of hydrogen-bond donors (Lipinski definition) is 0. The van der Waals surface area contributed by atoms with E-state index in [-0.39, 0.29) is 17.4 Å². The van der Waals surface area contributed by atoms with Gasteiger partial charge in [-0.15, -0.1) is 0 Å². The van der Waals surface area contributed by atoms with Gasteiger partial charge in [0.15, 0.2) is 5.16 Å². The fourth-order valence-electron chi connectivity index (χ4n) is 3.59. The lowest BCUT2D eigenvalue weighted by atomic mass is 9.98. The molecule has 2 aliphatic heterocycles. The molecule has 2 aliphatic rings. The van der Waals surface area contributed by atoms with Crippen molar-refractivity contribution in [1.82, 2.24) is 13.9 Å². The number of ether oxygens (including phenoxy) is 1. The molecule has 2 atom stereocenters. The number of nitrogens with zero attached hydrogens (tertiary/aromatic N) is 3. The molecule has 1 aromatic carbocycles. The number of benzene rings is 1. The Morgan fingerprint density at radius 3 is 2.93 bits per heavy atom. The first-order valence-corrected chi connectivity index (χ1v) is 11.8. The molecule has 2 aromatic rings. The topological polar surface area (TPSA) is 64.4 Å². The number of aryl methyl sites for hydroxylation is 1. The Balaban J connectivity index is 1.41. The lowest BCUT2D eigenvalue weighted by Gasteiger charge is -2.33. The van der Waals surface area contributed by atoms with Crippen molar-refractivity contribution in [2.45, 2.75) is 36.0 Å². The molecule has 0 saturated carbocycles. The van der Waals surface area contributed by atoms with Crippen LogP contribution in [-0.4, -0.2) is 53.9 Å². The van der Waals surface area contributed by atoms with Crippen LogP contribution in [0.4, 0.5) is 4.39 Å². The van der Waals surface area contributed by atoms with Gasteiger partial charge in [0.1, 0.15) is 11.9 Å². The Kier molecular flexibility index (Phi) is 5.41. The van der Waals surface area contributed by atoms with Crippen molar-refractivity contribution < 1.29 is 17.5 Å². The van der Waals surface area contributed by atoms with Crippen LogP contribution >= 0.6 is 11.8 Å². The molecule has 0 aliphatic carbocycles. The van der Waals surface area contributed by atoms with Crippen LogP contribution in [0.2, 0.25) is 0 Å². The van der Waals surface area contributed by atoms with Crippen LogP contribution in [0.1, 0.15) is 17.7 Å². The van der Waals surface area contributed by atoms with E-state index in [0.29, 0.717) is 31.7 Å². The minimum absolute atomic E-state index is 0.0965. The van der Waals surface area contributed by atoms with Gasteiger partial charge < -0.3 is 9.30 Å². The van der Waals surface area contributed by atoms with Gasteiger partial charge in [-0.05, 0) is 37.1 Å². The van der Waals surface area contributed by atoms with Gasteiger partial charge in [0.05, 0.1) is 11.5 Å². The van der Waals surface area contributed by atoms with Crippen molar-refractivity contribution in [3.8, 4) is 5.75 Å². The van der Waals surface area contributed by atoms with Crippen LogP contribution in [0.15, 0.2) is 34.4 Å². The molecule has 1 saturated heterocycles. The molecule has 28 heavy (non-hydrogen) atoms. The van der Waals surface area contributed by atoms with Crippen molar-refractivity contribution >= 4 is 21.8 Å².